The summed E-state index contributed by atoms with van der Waals surface area (Å²) in [5.41, 5.74) is 0. The zero-order chi connectivity index (χ0) is 30.6. The molecule has 0 aromatic carbocycles. The lowest BCUT2D eigenvalue weighted by Gasteiger charge is -2.34. The van der Waals surface area contributed by atoms with Crippen LogP contribution >= 0.6 is 0 Å². The summed E-state index contributed by atoms with van der Waals surface area (Å²) in [6, 6.07) is -3.60. The molecule has 2 atom stereocenters. The monoisotopic (exact) mass is 638 g/mol. The maximum absolute atomic E-state index is 13.3. The SMILES string of the molecule is CC1(C(F)(F)C(F)(F)S(=O)(=O)F)OC=C(F)O1.CC1(C(F)(F)OC(F)(F)C(F)(F)S(=O)(=O)F)OC=C(F)O1. The van der Waals surface area contributed by atoms with Gasteiger partial charge in [-0.2, -0.15) is 69.5 Å². The average Bonchev–Trinajstić information content (AvgIpc) is 3.22. The summed E-state index contributed by atoms with van der Waals surface area (Å²) in [6.07, 6.45) is -12.2. The number of ether oxygens (including phenoxy) is 5. The molecule has 224 valence electrons. The fourth-order valence-corrected chi connectivity index (χ4v) is 2.74. The van der Waals surface area contributed by atoms with Crippen molar-refractivity contribution in [2.75, 3.05) is 0 Å². The van der Waals surface area contributed by atoms with E-state index in [1.165, 1.54) is 0 Å². The van der Waals surface area contributed by atoms with E-state index in [-0.39, 0.29) is 26.4 Å². The van der Waals surface area contributed by atoms with Crippen LogP contribution in [0.3, 0.4) is 0 Å². The fraction of sp³-hybridized carbons (Fsp3) is 0.692. The van der Waals surface area contributed by atoms with Crippen molar-refractivity contribution in [1.29, 1.82) is 0 Å². The van der Waals surface area contributed by atoms with E-state index in [0.717, 1.165) is 0 Å². The molecule has 2 aliphatic heterocycles. The standard InChI is InChI=1S/C7H4F8O5S.C6H4F6O4S/c1-4(18-2-3(8)19-4)5(9,10)20-6(11,12)7(13,14)21(15,16)17;1-4(15-2-3(7)16-4)5(8,9)6(10,11)17(12,13)14/h2H,1H3;2H,1H3. The van der Waals surface area contributed by atoms with Gasteiger partial charge in [-0.3, -0.25) is 0 Å². The van der Waals surface area contributed by atoms with Gasteiger partial charge in [-0.25, -0.2) is 4.74 Å². The van der Waals surface area contributed by atoms with Crippen LogP contribution in [0.25, 0.3) is 0 Å². The second kappa shape index (κ2) is 9.34. The van der Waals surface area contributed by atoms with Crippen LogP contribution in [0.15, 0.2) is 24.6 Å². The summed E-state index contributed by atoms with van der Waals surface area (Å²) in [6.45, 7) is 0.253. The Kier molecular flexibility index (Phi) is 8.25. The molecule has 0 fully saturated rings. The molecule has 0 aromatic rings. The molecule has 0 radical (unpaired) electrons. The molecule has 2 aliphatic rings. The highest BCUT2D eigenvalue weighted by Gasteiger charge is 2.78. The lowest BCUT2D eigenvalue weighted by molar-refractivity contribution is -0.471. The number of alkyl halides is 10. The average molecular weight is 638 g/mol. The first-order valence-electron chi connectivity index (χ1n) is 8.33. The van der Waals surface area contributed by atoms with E-state index in [2.05, 4.69) is 23.7 Å². The second-order valence-corrected chi connectivity index (χ2v) is 9.57. The molecule has 0 amide bonds. The number of hydrogen-bond donors (Lipinski definition) is 0. The van der Waals surface area contributed by atoms with Crippen LogP contribution in [0.5, 0.6) is 0 Å². The lowest BCUT2D eigenvalue weighted by atomic mass is 10.1. The second-order valence-electron chi connectivity index (χ2n) is 6.79. The smallest absolute Gasteiger partial charge is 0.448 e. The molecule has 0 spiro atoms. The van der Waals surface area contributed by atoms with Crippen LogP contribution < -0.4 is 0 Å². The van der Waals surface area contributed by atoms with Gasteiger partial charge in [0, 0.05) is 13.8 Å². The molecule has 25 heteroatoms. The van der Waals surface area contributed by atoms with Gasteiger partial charge in [0.2, 0.25) is 0 Å². The lowest BCUT2D eigenvalue weighted by Crippen LogP contribution is -2.60. The summed E-state index contributed by atoms with van der Waals surface area (Å²) in [5.74, 6) is -13.0. The molecular formula is C13H8F14O9S2. The van der Waals surface area contributed by atoms with Crippen molar-refractivity contribution in [3.63, 3.8) is 0 Å². The maximum Gasteiger partial charge on any atom is 0.464 e. The van der Waals surface area contributed by atoms with E-state index in [9.17, 15) is 77.3 Å². The highest BCUT2D eigenvalue weighted by molar-refractivity contribution is 7.87. The molecule has 0 bridgehead atoms. The van der Waals surface area contributed by atoms with Crippen molar-refractivity contribution >= 4 is 20.4 Å². The summed E-state index contributed by atoms with van der Waals surface area (Å²) in [4.78, 5) is 0. The van der Waals surface area contributed by atoms with Gasteiger partial charge in [0.1, 0.15) is 0 Å². The molecule has 0 aromatic heterocycles. The zero-order valence-electron chi connectivity index (χ0n) is 17.4. The van der Waals surface area contributed by atoms with Gasteiger partial charge < -0.3 is 18.9 Å². The third-order valence-corrected chi connectivity index (χ3v) is 5.73. The van der Waals surface area contributed by atoms with E-state index in [0.29, 0.717) is 0 Å². The van der Waals surface area contributed by atoms with Gasteiger partial charge in [0.25, 0.3) is 0 Å². The van der Waals surface area contributed by atoms with Gasteiger partial charge >= 0.3 is 72.7 Å². The minimum Gasteiger partial charge on any atom is -0.448 e. The molecule has 0 aliphatic carbocycles. The van der Waals surface area contributed by atoms with Crippen LogP contribution in [-0.2, 0) is 44.1 Å². The van der Waals surface area contributed by atoms with Crippen molar-refractivity contribution in [2.45, 2.75) is 54.1 Å². The fourth-order valence-electron chi connectivity index (χ4n) is 1.92. The Morgan fingerprint density at radius 3 is 1.32 bits per heavy atom. The third-order valence-electron chi connectivity index (χ3n) is 4.01. The van der Waals surface area contributed by atoms with Crippen LogP contribution in [0.4, 0.5) is 60.5 Å². The van der Waals surface area contributed by atoms with Gasteiger partial charge in [0.05, 0.1) is 0 Å². The number of hydrogen-bond acceptors (Lipinski definition) is 9. The van der Waals surface area contributed by atoms with Crippen LogP contribution in [0.2, 0.25) is 0 Å². The molecule has 2 rings (SSSR count). The highest BCUT2D eigenvalue weighted by atomic mass is 32.3. The molecule has 9 nitrogen and oxygen atoms in total. The molecular weight excluding hydrogens is 630 g/mol. The Morgan fingerprint density at radius 1 is 0.684 bits per heavy atom. The van der Waals surface area contributed by atoms with Gasteiger partial charge in [-0.05, 0) is 0 Å². The molecule has 0 saturated heterocycles. The first-order valence-corrected chi connectivity index (χ1v) is 11.1. The highest BCUT2D eigenvalue weighted by Crippen LogP contribution is 2.51. The third kappa shape index (κ3) is 5.62. The van der Waals surface area contributed by atoms with Crippen molar-refractivity contribution < 1.29 is 101 Å². The Hall–Kier alpha value is -2.44. The van der Waals surface area contributed by atoms with Crippen LogP contribution in [0.1, 0.15) is 13.8 Å². The Balaban J connectivity index is 0.000000389. The van der Waals surface area contributed by atoms with Crippen LogP contribution in [-0.4, -0.2) is 57.1 Å². The molecule has 2 heterocycles. The van der Waals surface area contributed by atoms with Crippen molar-refractivity contribution in [3.05, 3.63) is 24.6 Å². The topological polar surface area (TPSA) is 114 Å². The minimum absolute atomic E-state index is 0.0746. The summed E-state index contributed by atoms with van der Waals surface area (Å²) in [5, 5.41) is -12.8. The molecule has 2 unspecified atom stereocenters. The van der Waals surface area contributed by atoms with E-state index in [1.807, 2.05) is 0 Å². The summed E-state index contributed by atoms with van der Waals surface area (Å²) < 4.78 is 235. The predicted octanol–water partition coefficient (Wildman–Crippen LogP) is 4.66. The normalized spacial score (nSPS) is 25.2. The summed E-state index contributed by atoms with van der Waals surface area (Å²) >= 11 is 0. The quantitative estimate of drug-likeness (QED) is 0.277. The minimum atomic E-state index is -7.30. The molecule has 0 saturated carbocycles. The zero-order valence-corrected chi connectivity index (χ0v) is 19.1. The number of rotatable bonds is 8. The Bertz CT molecular complexity index is 1200. The number of halogens is 14. The van der Waals surface area contributed by atoms with E-state index < -0.39 is 72.7 Å². The Morgan fingerprint density at radius 2 is 1.03 bits per heavy atom. The van der Waals surface area contributed by atoms with Gasteiger partial charge in [0.15, 0.2) is 12.5 Å². The van der Waals surface area contributed by atoms with Gasteiger partial charge in [-0.15, -0.1) is 0 Å². The predicted molar refractivity (Wildman–Crippen MR) is 85.4 cm³/mol. The van der Waals surface area contributed by atoms with E-state index in [1.54, 1.807) is 0 Å². The Labute approximate surface area is 200 Å². The van der Waals surface area contributed by atoms with E-state index in [4.69, 9.17) is 0 Å². The first kappa shape index (κ1) is 33.6. The van der Waals surface area contributed by atoms with Crippen LogP contribution in [0, 0.1) is 0 Å². The largest absolute Gasteiger partial charge is 0.464 e. The van der Waals surface area contributed by atoms with Gasteiger partial charge in [-0.1, -0.05) is 7.77 Å². The van der Waals surface area contributed by atoms with Crippen molar-refractivity contribution in [3.8, 4) is 0 Å². The summed E-state index contributed by atoms with van der Waals surface area (Å²) in [7, 11) is -14.2. The first-order chi connectivity index (χ1) is 16.4. The van der Waals surface area contributed by atoms with E-state index >= 15 is 0 Å². The van der Waals surface area contributed by atoms with Crippen molar-refractivity contribution in [1.82, 2.24) is 0 Å². The molecule has 38 heavy (non-hydrogen) atoms. The van der Waals surface area contributed by atoms with Crippen molar-refractivity contribution in [2.24, 2.45) is 0 Å². The maximum atomic E-state index is 13.3. The molecule has 0 N–H and O–H groups in total.